The van der Waals surface area contributed by atoms with Gasteiger partial charge in [-0.05, 0) is 26.2 Å². The lowest BCUT2D eigenvalue weighted by Crippen LogP contribution is -2.04. The quantitative estimate of drug-likeness (QED) is 0.468. The molecule has 0 aliphatic heterocycles. The number of hydrogen-bond donors (Lipinski definition) is 0. The van der Waals surface area contributed by atoms with E-state index in [2.05, 4.69) is 0 Å². The van der Waals surface area contributed by atoms with Crippen molar-refractivity contribution in [3.05, 3.63) is 0 Å². The van der Waals surface area contributed by atoms with Crippen LogP contribution in [0.1, 0.15) is 26.2 Å². The van der Waals surface area contributed by atoms with Gasteiger partial charge in [0.2, 0.25) is 0 Å². The van der Waals surface area contributed by atoms with E-state index in [0.29, 0.717) is 5.88 Å². The molecule has 0 rings (SSSR count). The summed E-state index contributed by atoms with van der Waals surface area (Å²) in [4.78, 5) is 0. The van der Waals surface area contributed by atoms with Gasteiger partial charge in [-0.1, -0.05) is 0 Å². The van der Waals surface area contributed by atoms with Gasteiger partial charge in [-0.2, -0.15) is 0 Å². The molecular weight excluding hydrogens is 178 g/mol. The molecule has 0 spiro atoms. The minimum absolute atomic E-state index is 0.563. The molecule has 0 saturated heterocycles. The van der Waals surface area contributed by atoms with E-state index in [9.17, 15) is 0 Å². The zero-order valence-corrected chi connectivity index (χ0v) is 7.73. The summed E-state index contributed by atoms with van der Waals surface area (Å²) in [5.74, 6) is 0.698. The molecule has 0 aromatic heterocycles. The van der Waals surface area contributed by atoms with Crippen molar-refractivity contribution in [3.8, 4) is 0 Å². The molecule has 3 heteroatoms. The topological polar surface area (TPSA) is 0 Å². The first-order chi connectivity index (χ1) is 4.06. The van der Waals surface area contributed by atoms with Crippen LogP contribution in [0.25, 0.3) is 0 Å². The number of rotatable bonds is 4. The molecule has 0 N–H and O–H groups in total. The van der Waals surface area contributed by atoms with E-state index in [1.165, 1.54) is 0 Å². The molecule has 0 aromatic carbocycles. The highest BCUT2D eigenvalue weighted by Crippen LogP contribution is 2.26. The van der Waals surface area contributed by atoms with Crippen molar-refractivity contribution in [2.75, 3.05) is 5.88 Å². The van der Waals surface area contributed by atoms with E-state index >= 15 is 0 Å². The summed E-state index contributed by atoms with van der Waals surface area (Å²) in [6.07, 6.45) is 2.83. The second-order valence-corrected chi connectivity index (χ2v) is 4.46. The molecule has 0 nitrogen and oxygen atoms in total. The third-order valence-electron chi connectivity index (χ3n) is 0.999. The predicted molar refractivity (Wildman–Crippen MR) is 44.7 cm³/mol. The van der Waals surface area contributed by atoms with Gasteiger partial charge in [0.1, 0.15) is 4.33 Å². The van der Waals surface area contributed by atoms with E-state index in [4.69, 9.17) is 34.8 Å². The van der Waals surface area contributed by atoms with Gasteiger partial charge in [0.05, 0.1) is 0 Å². The number of unbranched alkanes of at least 4 members (excludes halogenated alkanes) is 1. The first-order valence-corrected chi connectivity index (χ1v) is 4.29. The summed E-state index contributed by atoms with van der Waals surface area (Å²) in [6, 6.07) is 0. The lowest BCUT2D eigenvalue weighted by Gasteiger charge is -2.10. The standard InChI is InChI=1S/C6H11Cl3/c1-6(8,9)4-2-3-5-7/h2-5H2,1H3. The fourth-order valence-electron chi connectivity index (χ4n) is 0.530. The Morgan fingerprint density at radius 2 is 1.78 bits per heavy atom. The average molecular weight is 190 g/mol. The maximum absolute atomic E-state index is 5.69. The van der Waals surface area contributed by atoms with Gasteiger partial charge in [-0.25, -0.2) is 0 Å². The summed E-state index contributed by atoms with van der Waals surface area (Å²) in [5.41, 5.74) is 0. The molecule has 0 radical (unpaired) electrons. The molecule has 0 fully saturated rings. The van der Waals surface area contributed by atoms with Crippen molar-refractivity contribution < 1.29 is 0 Å². The van der Waals surface area contributed by atoms with E-state index in [0.717, 1.165) is 19.3 Å². The van der Waals surface area contributed by atoms with Crippen LogP contribution in [0.15, 0.2) is 0 Å². The van der Waals surface area contributed by atoms with Crippen molar-refractivity contribution in [3.63, 3.8) is 0 Å². The molecule has 0 aliphatic rings. The van der Waals surface area contributed by atoms with Gasteiger partial charge in [0, 0.05) is 5.88 Å². The summed E-state index contributed by atoms with van der Waals surface area (Å²) in [7, 11) is 0. The van der Waals surface area contributed by atoms with Crippen LogP contribution in [0.5, 0.6) is 0 Å². The number of alkyl halides is 3. The first kappa shape index (κ1) is 9.87. The third-order valence-corrected chi connectivity index (χ3v) is 1.64. The molecule has 0 amide bonds. The molecule has 0 aliphatic carbocycles. The van der Waals surface area contributed by atoms with Crippen molar-refractivity contribution in [1.29, 1.82) is 0 Å². The normalized spacial score (nSPS) is 12.0. The molecule has 0 unspecified atom stereocenters. The van der Waals surface area contributed by atoms with Crippen molar-refractivity contribution in [2.24, 2.45) is 0 Å². The Hall–Kier alpha value is 0.870. The second-order valence-electron chi connectivity index (χ2n) is 2.22. The van der Waals surface area contributed by atoms with Crippen molar-refractivity contribution in [2.45, 2.75) is 30.5 Å². The Labute approximate surface area is 71.5 Å². The van der Waals surface area contributed by atoms with Crippen LogP contribution in [0.3, 0.4) is 0 Å². The monoisotopic (exact) mass is 188 g/mol. The molecule has 0 heterocycles. The van der Waals surface area contributed by atoms with Crippen molar-refractivity contribution in [1.82, 2.24) is 0 Å². The van der Waals surface area contributed by atoms with Crippen LogP contribution in [0.2, 0.25) is 0 Å². The molecule has 0 atom stereocenters. The summed E-state index contributed by atoms with van der Waals surface area (Å²) in [6.45, 7) is 1.80. The fourth-order valence-corrected chi connectivity index (χ4v) is 0.986. The Morgan fingerprint density at radius 3 is 2.11 bits per heavy atom. The minimum atomic E-state index is -0.563. The molecule has 9 heavy (non-hydrogen) atoms. The van der Waals surface area contributed by atoms with Gasteiger partial charge in [-0.3, -0.25) is 0 Å². The number of halogens is 3. The van der Waals surface area contributed by atoms with Crippen LogP contribution in [-0.4, -0.2) is 10.2 Å². The number of hydrogen-bond acceptors (Lipinski definition) is 0. The van der Waals surface area contributed by atoms with Gasteiger partial charge < -0.3 is 0 Å². The van der Waals surface area contributed by atoms with Crippen LogP contribution in [-0.2, 0) is 0 Å². The Kier molecular flexibility index (Phi) is 5.10. The zero-order chi connectivity index (χ0) is 7.33. The van der Waals surface area contributed by atoms with Crippen molar-refractivity contribution >= 4 is 34.8 Å². The smallest absolute Gasteiger partial charge is 0.115 e. The average Bonchev–Trinajstić information content (AvgIpc) is 1.63. The highest BCUT2D eigenvalue weighted by molar-refractivity contribution is 6.48. The molecular formula is C6H11Cl3. The lowest BCUT2D eigenvalue weighted by atomic mass is 10.2. The Bertz CT molecular complexity index is 65.2. The summed E-state index contributed by atoms with van der Waals surface area (Å²) >= 11 is 16.8. The van der Waals surface area contributed by atoms with Crippen LogP contribution < -0.4 is 0 Å². The predicted octanol–water partition coefficient (Wildman–Crippen LogP) is 3.59. The highest BCUT2D eigenvalue weighted by atomic mass is 35.5. The van der Waals surface area contributed by atoms with Gasteiger partial charge >= 0.3 is 0 Å². The minimum Gasteiger partial charge on any atom is -0.127 e. The second kappa shape index (κ2) is 4.65. The zero-order valence-electron chi connectivity index (χ0n) is 5.46. The molecule has 56 valence electrons. The maximum Gasteiger partial charge on any atom is 0.115 e. The Morgan fingerprint density at radius 1 is 1.22 bits per heavy atom. The van der Waals surface area contributed by atoms with E-state index < -0.39 is 4.33 Å². The lowest BCUT2D eigenvalue weighted by molar-refractivity contribution is 0.674. The summed E-state index contributed by atoms with van der Waals surface area (Å²) in [5, 5.41) is 0. The van der Waals surface area contributed by atoms with E-state index in [1.807, 2.05) is 0 Å². The van der Waals surface area contributed by atoms with Crippen LogP contribution >= 0.6 is 34.8 Å². The molecule has 0 bridgehead atoms. The maximum atomic E-state index is 5.69. The van der Waals surface area contributed by atoms with Crippen LogP contribution in [0.4, 0.5) is 0 Å². The molecule has 0 aromatic rings. The van der Waals surface area contributed by atoms with Crippen LogP contribution in [0, 0.1) is 0 Å². The summed E-state index contributed by atoms with van der Waals surface area (Å²) < 4.78 is -0.563. The molecule has 0 saturated carbocycles. The first-order valence-electron chi connectivity index (χ1n) is 3.00. The van der Waals surface area contributed by atoms with Gasteiger partial charge in [0.25, 0.3) is 0 Å². The van der Waals surface area contributed by atoms with Gasteiger partial charge in [-0.15, -0.1) is 34.8 Å². The highest BCUT2D eigenvalue weighted by Gasteiger charge is 2.14. The Balaban J connectivity index is 3.07. The fraction of sp³-hybridized carbons (Fsp3) is 1.00. The van der Waals surface area contributed by atoms with Gasteiger partial charge in [0.15, 0.2) is 0 Å². The van der Waals surface area contributed by atoms with E-state index in [1.54, 1.807) is 6.92 Å². The third kappa shape index (κ3) is 8.87. The largest absolute Gasteiger partial charge is 0.127 e. The SMILES string of the molecule is CC(Cl)(Cl)CCCCCl. The van der Waals surface area contributed by atoms with E-state index in [-0.39, 0.29) is 0 Å².